The van der Waals surface area contributed by atoms with Crippen molar-refractivity contribution in [3.63, 3.8) is 0 Å². The number of halogens is 2. The van der Waals surface area contributed by atoms with Crippen LogP contribution < -0.4 is 20.3 Å². The first-order chi connectivity index (χ1) is 15.1. The molecule has 1 fully saturated rings. The van der Waals surface area contributed by atoms with Crippen LogP contribution in [0.3, 0.4) is 0 Å². The maximum absolute atomic E-state index is 13.1. The average Bonchev–Trinajstić information content (AvgIpc) is 3.27. The standard InChI is InChI=1S/C23H22F2N2O4/c24-23(25)30-19-11-10-18(27-16-7-2-1-3-8-16)17(14-15-6-4-12-26-22(15)28)21(19)31-20-9-5-13-29-20/h1-4,6-8,10-12,20,23,27H,5,9,13-14H2,(H,26,28)/t20-/m1/s1. The van der Waals surface area contributed by atoms with Crippen LogP contribution in [0, 0.1) is 0 Å². The molecule has 0 saturated carbocycles. The van der Waals surface area contributed by atoms with Crippen molar-refractivity contribution in [3.8, 4) is 11.5 Å². The molecule has 2 heterocycles. The fraction of sp³-hybridized carbons (Fsp3) is 0.261. The van der Waals surface area contributed by atoms with Crippen molar-refractivity contribution < 1.29 is 23.0 Å². The Hall–Kier alpha value is -3.39. The summed E-state index contributed by atoms with van der Waals surface area (Å²) < 4.78 is 42.5. The van der Waals surface area contributed by atoms with Crippen molar-refractivity contribution in [2.75, 3.05) is 11.9 Å². The van der Waals surface area contributed by atoms with E-state index in [1.54, 1.807) is 18.2 Å². The van der Waals surface area contributed by atoms with Crippen LogP contribution in [0.2, 0.25) is 0 Å². The monoisotopic (exact) mass is 428 g/mol. The number of para-hydroxylation sites is 1. The van der Waals surface area contributed by atoms with Gasteiger partial charge in [-0.1, -0.05) is 24.3 Å². The van der Waals surface area contributed by atoms with Crippen molar-refractivity contribution in [3.05, 3.63) is 82.3 Å². The molecule has 162 valence electrons. The summed E-state index contributed by atoms with van der Waals surface area (Å²) in [6.07, 6.45) is 2.56. The van der Waals surface area contributed by atoms with Crippen LogP contribution in [0.5, 0.6) is 11.5 Å². The SMILES string of the molecule is O=c1[nH]cccc1Cc1c(Nc2ccccc2)ccc(OC(F)F)c1O[C@@H]1CCCO1. The van der Waals surface area contributed by atoms with E-state index in [9.17, 15) is 13.6 Å². The predicted octanol–water partition coefficient (Wildman–Crippen LogP) is 4.83. The van der Waals surface area contributed by atoms with Crippen molar-refractivity contribution >= 4 is 11.4 Å². The first-order valence-electron chi connectivity index (χ1n) is 9.98. The molecule has 0 aliphatic carbocycles. The second-order valence-electron chi connectivity index (χ2n) is 7.05. The molecule has 6 nitrogen and oxygen atoms in total. The van der Waals surface area contributed by atoms with E-state index in [1.165, 1.54) is 12.3 Å². The highest BCUT2D eigenvalue weighted by Gasteiger charge is 2.25. The summed E-state index contributed by atoms with van der Waals surface area (Å²) >= 11 is 0. The van der Waals surface area contributed by atoms with Gasteiger partial charge >= 0.3 is 6.61 Å². The van der Waals surface area contributed by atoms with Crippen molar-refractivity contribution in [1.82, 2.24) is 4.98 Å². The van der Waals surface area contributed by atoms with Crippen LogP contribution in [-0.4, -0.2) is 24.5 Å². The number of aromatic nitrogens is 1. The summed E-state index contributed by atoms with van der Waals surface area (Å²) in [6, 6.07) is 15.9. The van der Waals surface area contributed by atoms with Crippen LogP contribution in [0.15, 0.2) is 65.6 Å². The van der Waals surface area contributed by atoms with Gasteiger partial charge in [-0.3, -0.25) is 4.79 Å². The Morgan fingerprint density at radius 2 is 1.97 bits per heavy atom. The van der Waals surface area contributed by atoms with Gasteiger partial charge in [0.25, 0.3) is 5.56 Å². The molecule has 1 aliphatic heterocycles. The molecule has 0 bridgehead atoms. The van der Waals surface area contributed by atoms with Gasteiger partial charge in [0.1, 0.15) is 0 Å². The fourth-order valence-electron chi connectivity index (χ4n) is 3.45. The molecule has 0 unspecified atom stereocenters. The lowest BCUT2D eigenvalue weighted by Crippen LogP contribution is -2.18. The Bertz CT molecular complexity index is 1070. The Kier molecular flexibility index (Phi) is 6.47. The third kappa shape index (κ3) is 5.21. The summed E-state index contributed by atoms with van der Waals surface area (Å²) in [5.41, 5.74) is 2.14. The molecule has 31 heavy (non-hydrogen) atoms. The molecule has 1 aliphatic rings. The highest BCUT2D eigenvalue weighted by Crippen LogP contribution is 2.41. The molecule has 1 saturated heterocycles. The number of nitrogens with one attached hydrogen (secondary N) is 2. The van der Waals surface area contributed by atoms with Crippen LogP contribution in [0.1, 0.15) is 24.0 Å². The Labute approximate surface area is 177 Å². The second kappa shape index (κ2) is 9.61. The normalized spacial score (nSPS) is 15.8. The van der Waals surface area contributed by atoms with E-state index < -0.39 is 12.9 Å². The summed E-state index contributed by atoms with van der Waals surface area (Å²) in [4.78, 5) is 15.0. The van der Waals surface area contributed by atoms with Crippen LogP contribution in [0.25, 0.3) is 0 Å². The molecule has 8 heteroatoms. The van der Waals surface area contributed by atoms with E-state index in [0.717, 1.165) is 12.1 Å². The van der Waals surface area contributed by atoms with Gasteiger partial charge < -0.3 is 24.5 Å². The molecular formula is C23H22F2N2O4. The van der Waals surface area contributed by atoms with E-state index in [0.29, 0.717) is 29.8 Å². The second-order valence-corrected chi connectivity index (χ2v) is 7.05. The quantitative estimate of drug-likeness (QED) is 0.538. The van der Waals surface area contributed by atoms with E-state index in [1.807, 2.05) is 30.3 Å². The lowest BCUT2D eigenvalue weighted by Gasteiger charge is -2.22. The third-order valence-corrected chi connectivity index (χ3v) is 4.90. The number of H-pyrrole nitrogens is 1. The number of pyridine rings is 1. The molecule has 0 radical (unpaired) electrons. The minimum Gasteiger partial charge on any atom is -0.461 e. The van der Waals surface area contributed by atoms with Gasteiger partial charge in [-0.2, -0.15) is 8.78 Å². The maximum atomic E-state index is 13.1. The van der Waals surface area contributed by atoms with Gasteiger partial charge in [0, 0.05) is 41.5 Å². The number of alkyl halides is 2. The number of aromatic amines is 1. The molecule has 3 aromatic rings. The predicted molar refractivity (Wildman–Crippen MR) is 112 cm³/mol. The summed E-state index contributed by atoms with van der Waals surface area (Å²) in [6.45, 7) is -2.49. The number of ether oxygens (including phenoxy) is 3. The van der Waals surface area contributed by atoms with Gasteiger partial charge in [-0.15, -0.1) is 0 Å². The molecular weight excluding hydrogens is 406 g/mol. The lowest BCUT2D eigenvalue weighted by molar-refractivity contribution is -0.0635. The molecule has 4 rings (SSSR count). The number of hydrogen-bond acceptors (Lipinski definition) is 5. The van der Waals surface area contributed by atoms with Crippen LogP contribution in [0.4, 0.5) is 20.2 Å². The number of hydrogen-bond donors (Lipinski definition) is 2. The van der Waals surface area contributed by atoms with E-state index in [4.69, 9.17) is 14.2 Å². The minimum atomic E-state index is -3.02. The zero-order valence-corrected chi connectivity index (χ0v) is 16.6. The molecule has 2 N–H and O–H groups in total. The van der Waals surface area contributed by atoms with E-state index in [2.05, 4.69) is 10.3 Å². The number of anilines is 2. The molecule has 0 spiro atoms. The lowest BCUT2D eigenvalue weighted by atomic mass is 10.0. The summed E-state index contributed by atoms with van der Waals surface area (Å²) in [5.74, 6) is 0.0304. The first-order valence-corrected chi connectivity index (χ1v) is 9.98. The number of rotatable bonds is 8. The summed E-state index contributed by atoms with van der Waals surface area (Å²) in [5, 5.41) is 3.28. The molecule has 1 atom stereocenters. The van der Waals surface area contributed by atoms with Gasteiger partial charge in [-0.25, -0.2) is 0 Å². The highest BCUT2D eigenvalue weighted by atomic mass is 19.3. The Morgan fingerprint density at radius 3 is 2.68 bits per heavy atom. The Balaban J connectivity index is 1.81. The van der Waals surface area contributed by atoms with Gasteiger partial charge in [0.15, 0.2) is 17.8 Å². The van der Waals surface area contributed by atoms with Gasteiger partial charge in [0.05, 0.1) is 6.61 Å². The average molecular weight is 428 g/mol. The van der Waals surface area contributed by atoms with Crippen molar-refractivity contribution in [2.45, 2.75) is 32.2 Å². The third-order valence-electron chi connectivity index (χ3n) is 4.90. The topological polar surface area (TPSA) is 72.6 Å². The zero-order chi connectivity index (χ0) is 21.6. The minimum absolute atomic E-state index is 0.105. The van der Waals surface area contributed by atoms with E-state index in [-0.39, 0.29) is 23.5 Å². The van der Waals surface area contributed by atoms with E-state index >= 15 is 0 Å². The highest BCUT2D eigenvalue weighted by molar-refractivity contribution is 5.70. The zero-order valence-electron chi connectivity index (χ0n) is 16.6. The van der Waals surface area contributed by atoms with Crippen LogP contribution >= 0.6 is 0 Å². The molecule has 0 amide bonds. The maximum Gasteiger partial charge on any atom is 0.387 e. The molecule has 2 aromatic carbocycles. The van der Waals surface area contributed by atoms with Gasteiger partial charge in [-0.05, 0) is 36.8 Å². The van der Waals surface area contributed by atoms with Crippen molar-refractivity contribution in [2.24, 2.45) is 0 Å². The number of benzene rings is 2. The van der Waals surface area contributed by atoms with Crippen molar-refractivity contribution in [1.29, 1.82) is 0 Å². The largest absolute Gasteiger partial charge is 0.461 e. The summed E-state index contributed by atoms with van der Waals surface area (Å²) in [7, 11) is 0. The van der Waals surface area contributed by atoms with Crippen LogP contribution in [-0.2, 0) is 11.2 Å². The fourth-order valence-corrected chi connectivity index (χ4v) is 3.45. The smallest absolute Gasteiger partial charge is 0.387 e. The molecule has 1 aromatic heterocycles. The van der Waals surface area contributed by atoms with Gasteiger partial charge in [0.2, 0.25) is 0 Å². The Morgan fingerprint density at radius 1 is 1.13 bits per heavy atom. The first kappa shape index (κ1) is 20.9.